The molecule has 2 heteroatoms. The van der Waals surface area contributed by atoms with Gasteiger partial charge in [-0.1, -0.05) is 30.3 Å². The van der Waals surface area contributed by atoms with Crippen LogP contribution in [-0.4, -0.2) is 23.8 Å². The third-order valence-electron chi connectivity index (χ3n) is 2.99. The third-order valence-corrected chi connectivity index (χ3v) is 5.43. The Bertz CT molecular complexity index is 653. The SMILES string of the molecule is C1=CC(=[Si]c2cccc([Si+]c3ccccc3)c2)C=C[CH-]1. The molecule has 0 atom stereocenters. The summed E-state index contributed by atoms with van der Waals surface area (Å²) in [6.45, 7) is 0. The second-order valence-corrected chi connectivity index (χ2v) is 7.37. The zero-order valence-electron chi connectivity index (χ0n) is 11.1. The zero-order valence-corrected chi connectivity index (χ0v) is 13.1. The van der Waals surface area contributed by atoms with Crippen molar-refractivity contribution in [2.75, 3.05) is 0 Å². The lowest BCUT2D eigenvalue weighted by Gasteiger charge is -2.07. The van der Waals surface area contributed by atoms with Crippen LogP contribution in [0.2, 0.25) is 0 Å². The van der Waals surface area contributed by atoms with Gasteiger partial charge in [-0.25, -0.2) is 0 Å². The Morgan fingerprint density at radius 1 is 0.800 bits per heavy atom. The molecule has 0 aromatic heterocycles. The Hall–Kier alpha value is -1.91. The van der Waals surface area contributed by atoms with Gasteiger partial charge in [-0.2, -0.15) is 30.7 Å². The summed E-state index contributed by atoms with van der Waals surface area (Å²) < 4.78 is 0. The van der Waals surface area contributed by atoms with Crippen molar-refractivity contribution in [3.63, 3.8) is 0 Å². The fraction of sp³-hybridized carbons (Fsp3) is 0. The summed E-state index contributed by atoms with van der Waals surface area (Å²) in [6, 6.07) is 19.7. The quantitative estimate of drug-likeness (QED) is 0.587. The van der Waals surface area contributed by atoms with Crippen molar-refractivity contribution in [2.45, 2.75) is 0 Å². The van der Waals surface area contributed by atoms with Gasteiger partial charge in [-0.05, 0) is 29.5 Å². The predicted octanol–water partition coefficient (Wildman–Crippen LogP) is 1.17. The van der Waals surface area contributed by atoms with Crippen LogP contribution in [0.5, 0.6) is 0 Å². The molecule has 1 aliphatic carbocycles. The van der Waals surface area contributed by atoms with Gasteiger partial charge in [0.1, 0.15) is 10.4 Å². The molecule has 0 heterocycles. The van der Waals surface area contributed by atoms with E-state index in [1.54, 1.807) is 0 Å². The summed E-state index contributed by atoms with van der Waals surface area (Å²) in [4.78, 5) is 0. The van der Waals surface area contributed by atoms with E-state index >= 15 is 0 Å². The van der Waals surface area contributed by atoms with Crippen molar-refractivity contribution in [1.29, 1.82) is 0 Å². The third kappa shape index (κ3) is 3.56. The molecule has 2 aromatic rings. The monoisotopic (exact) mass is 286 g/mol. The maximum absolute atomic E-state index is 2.34. The van der Waals surface area contributed by atoms with E-state index in [4.69, 9.17) is 0 Å². The number of hydrogen-bond donors (Lipinski definition) is 0. The van der Waals surface area contributed by atoms with E-state index < -0.39 is 0 Å². The molecule has 0 aliphatic heterocycles. The minimum Gasteiger partial charge on any atom is -0.172 e. The first kappa shape index (κ1) is 13.1. The lowest BCUT2D eigenvalue weighted by atomic mass is 10.2. The molecule has 20 heavy (non-hydrogen) atoms. The molecule has 0 N–H and O–H groups in total. The van der Waals surface area contributed by atoms with Crippen molar-refractivity contribution >= 4 is 39.4 Å². The molecule has 0 spiro atoms. The molecule has 2 aromatic carbocycles. The van der Waals surface area contributed by atoms with E-state index in [1.807, 2.05) is 0 Å². The Balaban J connectivity index is 1.81. The molecular formula is C18H14Si2. The van der Waals surface area contributed by atoms with E-state index in [0.29, 0.717) is 0 Å². The van der Waals surface area contributed by atoms with Gasteiger partial charge in [0.05, 0.1) is 0 Å². The zero-order chi connectivity index (χ0) is 13.6. The Morgan fingerprint density at radius 2 is 1.55 bits per heavy atom. The fourth-order valence-electron chi connectivity index (χ4n) is 2.05. The van der Waals surface area contributed by atoms with Gasteiger partial charge in [0.25, 0.3) is 0 Å². The van der Waals surface area contributed by atoms with Crippen LogP contribution in [0.15, 0.2) is 78.9 Å². The fourth-order valence-corrected chi connectivity index (χ4v) is 4.39. The lowest BCUT2D eigenvalue weighted by molar-refractivity contribution is 1.74. The first-order valence-electron chi connectivity index (χ1n) is 6.64. The van der Waals surface area contributed by atoms with Crippen molar-refractivity contribution in [3.8, 4) is 0 Å². The average Bonchev–Trinajstić information content (AvgIpc) is 2.50. The van der Waals surface area contributed by atoms with Crippen LogP contribution in [-0.2, 0) is 0 Å². The molecule has 2 radical (unpaired) electrons. The van der Waals surface area contributed by atoms with E-state index in [1.165, 1.54) is 20.7 Å². The van der Waals surface area contributed by atoms with Crippen LogP contribution in [0.4, 0.5) is 0 Å². The van der Waals surface area contributed by atoms with Gasteiger partial charge in [0.15, 0.2) is 0 Å². The van der Waals surface area contributed by atoms with Crippen LogP contribution in [0.1, 0.15) is 0 Å². The average molecular weight is 286 g/mol. The highest BCUT2D eigenvalue weighted by molar-refractivity contribution is 6.72. The molecule has 0 unspecified atom stereocenters. The summed E-state index contributed by atoms with van der Waals surface area (Å²) >= 11 is 0. The van der Waals surface area contributed by atoms with Gasteiger partial charge >= 0.3 is 9.52 Å². The molecule has 1 aliphatic rings. The second kappa shape index (κ2) is 6.50. The number of hydrogen-bond acceptors (Lipinski definition) is 0. The minimum absolute atomic E-state index is 0.738. The van der Waals surface area contributed by atoms with E-state index in [2.05, 4.69) is 85.3 Å². The molecule has 0 fully saturated rings. The second-order valence-electron chi connectivity index (χ2n) is 4.56. The highest BCUT2D eigenvalue weighted by atomic mass is 28.2. The Labute approximate surface area is 125 Å². The van der Waals surface area contributed by atoms with Crippen LogP contribution in [0, 0.1) is 6.42 Å². The van der Waals surface area contributed by atoms with Gasteiger partial charge in [0, 0.05) is 9.13 Å². The van der Waals surface area contributed by atoms with Gasteiger partial charge in [0.2, 0.25) is 0 Å². The molecule has 0 amide bonds. The highest BCUT2D eigenvalue weighted by Gasteiger charge is 2.17. The van der Waals surface area contributed by atoms with Crippen LogP contribution < -0.4 is 15.6 Å². The molecule has 3 rings (SSSR count). The molecule has 0 nitrogen and oxygen atoms in total. The van der Waals surface area contributed by atoms with Crippen LogP contribution in [0.3, 0.4) is 0 Å². The molecule has 0 saturated heterocycles. The van der Waals surface area contributed by atoms with Crippen molar-refractivity contribution in [1.82, 2.24) is 0 Å². The van der Waals surface area contributed by atoms with Crippen LogP contribution >= 0.6 is 0 Å². The number of rotatable bonds is 3. The largest absolute Gasteiger partial charge is 0.567 e. The molecule has 0 saturated carbocycles. The molecule has 0 bridgehead atoms. The van der Waals surface area contributed by atoms with Crippen molar-refractivity contribution in [3.05, 3.63) is 85.3 Å². The smallest absolute Gasteiger partial charge is 0.172 e. The Kier molecular flexibility index (Phi) is 4.26. The van der Waals surface area contributed by atoms with Gasteiger partial charge < -0.3 is 0 Å². The maximum atomic E-state index is 2.34. The topological polar surface area (TPSA) is 0 Å². The minimum atomic E-state index is 0.738. The van der Waals surface area contributed by atoms with Crippen LogP contribution in [0.25, 0.3) is 0 Å². The van der Waals surface area contributed by atoms with E-state index in [0.717, 1.165) is 18.7 Å². The first-order valence-corrected chi connectivity index (χ1v) is 8.64. The first-order chi connectivity index (χ1) is 9.90. The molecule has 94 valence electrons. The van der Waals surface area contributed by atoms with Crippen molar-refractivity contribution < 1.29 is 0 Å². The predicted molar refractivity (Wildman–Crippen MR) is 90.9 cm³/mol. The lowest BCUT2D eigenvalue weighted by Crippen LogP contribution is -2.30. The number of allylic oxidation sites excluding steroid dienone is 4. The Morgan fingerprint density at radius 3 is 2.35 bits per heavy atom. The van der Waals surface area contributed by atoms with Crippen molar-refractivity contribution in [2.24, 2.45) is 0 Å². The van der Waals surface area contributed by atoms with Gasteiger partial charge in [-0.15, -0.1) is 5.17 Å². The highest BCUT2D eigenvalue weighted by Crippen LogP contribution is 1.94. The summed E-state index contributed by atoms with van der Waals surface area (Å²) in [6.07, 6.45) is 10.7. The maximum Gasteiger partial charge on any atom is 0.567 e. The molecular weight excluding hydrogens is 272 g/mol. The number of benzene rings is 2. The summed E-state index contributed by atoms with van der Waals surface area (Å²) in [5, 5.41) is 5.62. The normalized spacial score (nSPS) is 12.9. The summed E-state index contributed by atoms with van der Waals surface area (Å²) in [7, 11) is 1.48. The summed E-state index contributed by atoms with van der Waals surface area (Å²) in [5.41, 5.74) is 0. The van der Waals surface area contributed by atoms with E-state index in [9.17, 15) is 0 Å². The summed E-state index contributed by atoms with van der Waals surface area (Å²) in [5.74, 6) is 0. The van der Waals surface area contributed by atoms with E-state index in [-0.39, 0.29) is 0 Å². The van der Waals surface area contributed by atoms with Gasteiger partial charge in [-0.3, -0.25) is 0 Å². The standard InChI is InChI=1S/C18H14Si2/c1-3-8-15(9-4-1)19-17-12-7-13-18(14-17)20-16-10-5-2-6-11-16/h1-14H.